The molecule has 0 bridgehead atoms. The zero-order valence-corrected chi connectivity index (χ0v) is 11.0. The Kier molecular flexibility index (Phi) is 3.23. The van der Waals surface area contributed by atoms with Crippen LogP contribution in [0.4, 0.5) is 5.82 Å². The Balaban J connectivity index is 2.21. The summed E-state index contributed by atoms with van der Waals surface area (Å²) in [5, 5.41) is 7.01. The lowest BCUT2D eigenvalue weighted by molar-refractivity contribution is 0.102. The SMILES string of the molecule is Cc1cc(C(=O)Nc2ccnn2C(C)C)c(C)o1. The molecule has 18 heavy (non-hydrogen) atoms. The van der Waals surface area contributed by atoms with Gasteiger partial charge in [0.1, 0.15) is 17.3 Å². The molecule has 0 fully saturated rings. The van der Waals surface area contributed by atoms with Crippen molar-refractivity contribution in [1.29, 1.82) is 0 Å². The van der Waals surface area contributed by atoms with Crippen LogP contribution in [0.5, 0.6) is 0 Å². The van der Waals surface area contributed by atoms with E-state index in [2.05, 4.69) is 10.4 Å². The fourth-order valence-electron chi connectivity index (χ4n) is 1.86. The van der Waals surface area contributed by atoms with Crippen molar-refractivity contribution in [3.8, 4) is 0 Å². The molecule has 2 heterocycles. The van der Waals surface area contributed by atoms with Crippen molar-refractivity contribution in [1.82, 2.24) is 9.78 Å². The highest BCUT2D eigenvalue weighted by Crippen LogP contribution is 2.18. The summed E-state index contributed by atoms with van der Waals surface area (Å²) in [6.07, 6.45) is 1.67. The second-order valence-electron chi connectivity index (χ2n) is 4.54. The number of anilines is 1. The standard InChI is InChI=1S/C13H17N3O2/c1-8(2)16-12(5-6-14-16)15-13(17)11-7-9(3)18-10(11)4/h5-8H,1-4H3,(H,15,17). The van der Waals surface area contributed by atoms with Crippen LogP contribution in [0.15, 0.2) is 22.7 Å². The number of aromatic nitrogens is 2. The zero-order chi connectivity index (χ0) is 13.3. The van der Waals surface area contributed by atoms with Crippen LogP contribution in [0, 0.1) is 13.8 Å². The van der Waals surface area contributed by atoms with Crippen LogP contribution >= 0.6 is 0 Å². The lowest BCUT2D eigenvalue weighted by Gasteiger charge is -2.11. The van der Waals surface area contributed by atoms with Crippen LogP contribution in [0.2, 0.25) is 0 Å². The Labute approximate surface area is 106 Å². The van der Waals surface area contributed by atoms with Crippen molar-refractivity contribution in [3.05, 3.63) is 35.4 Å². The van der Waals surface area contributed by atoms with Gasteiger partial charge in [0, 0.05) is 12.1 Å². The summed E-state index contributed by atoms with van der Waals surface area (Å²) in [6.45, 7) is 7.62. The normalized spacial score (nSPS) is 10.9. The summed E-state index contributed by atoms with van der Waals surface area (Å²) in [5.74, 6) is 1.87. The molecular formula is C13H17N3O2. The summed E-state index contributed by atoms with van der Waals surface area (Å²) >= 11 is 0. The summed E-state index contributed by atoms with van der Waals surface area (Å²) in [7, 11) is 0. The van der Waals surface area contributed by atoms with E-state index in [0.717, 1.165) is 5.76 Å². The maximum atomic E-state index is 12.1. The molecule has 0 aromatic carbocycles. The molecule has 5 heteroatoms. The summed E-state index contributed by atoms with van der Waals surface area (Å²) < 4.78 is 7.11. The maximum absolute atomic E-state index is 12.1. The van der Waals surface area contributed by atoms with Crippen molar-refractivity contribution >= 4 is 11.7 Å². The van der Waals surface area contributed by atoms with Gasteiger partial charge in [-0.3, -0.25) is 4.79 Å². The smallest absolute Gasteiger partial charge is 0.260 e. The van der Waals surface area contributed by atoms with Crippen molar-refractivity contribution in [2.75, 3.05) is 5.32 Å². The number of furan rings is 1. The van der Waals surface area contributed by atoms with E-state index in [0.29, 0.717) is 17.1 Å². The van der Waals surface area contributed by atoms with Gasteiger partial charge in [-0.2, -0.15) is 5.10 Å². The molecule has 0 atom stereocenters. The minimum Gasteiger partial charge on any atom is -0.466 e. The molecule has 2 aromatic rings. The highest BCUT2D eigenvalue weighted by molar-refractivity contribution is 6.04. The van der Waals surface area contributed by atoms with Gasteiger partial charge < -0.3 is 9.73 Å². The topological polar surface area (TPSA) is 60.1 Å². The number of aryl methyl sites for hydroxylation is 2. The first-order chi connectivity index (χ1) is 8.49. The molecule has 0 saturated carbocycles. The van der Waals surface area contributed by atoms with Gasteiger partial charge in [0.2, 0.25) is 0 Å². The van der Waals surface area contributed by atoms with Crippen LogP contribution in [-0.2, 0) is 0 Å². The van der Waals surface area contributed by atoms with Crippen molar-refractivity contribution in [2.24, 2.45) is 0 Å². The quantitative estimate of drug-likeness (QED) is 0.907. The first kappa shape index (κ1) is 12.4. The maximum Gasteiger partial charge on any atom is 0.260 e. The van der Waals surface area contributed by atoms with E-state index in [1.807, 2.05) is 20.8 Å². The highest BCUT2D eigenvalue weighted by Gasteiger charge is 2.15. The minimum absolute atomic E-state index is 0.174. The van der Waals surface area contributed by atoms with E-state index in [9.17, 15) is 4.79 Å². The van der Waals surface area contributed by atoms with Crippen LogP contribution < -0.4 is 5.32 Å². The lowest BCUT2D eigenvalue weighted by Crippen LogP contribution is -2.16. The fourth-order valence-corrected chi connectivity index (χ4v) is 1.86. The van der Waals surface area contributed by atoms with E-state index in [-0.39, 0.29) is 11.9 Å². The van der Waals surface area contributed by atoms with Gasteiger partial charge in [-0.15, -0.1) is 0 Å². The molecule has 0 radical (unpaired) electrons. The zero-order valence-electron chi connectivity index (χ0n) is 11.0. The average molecular weight is 247 g/mol. The molecule has 0 unspecified atom stereocenters. The number of rotatable bonds is 3. The van der Waals surface area contributed by atoms with Gasteiger partial charge >= 0.3 is 0 Å². The molecule has 0 saturated heterocycles. The van der Waals surface area contributed by atoms with Crippen LogP contribution in [0.1, 0.15) is 41.8 Å². The number of carbonyl (C=O) groups is 1. The van der Waals surface area contributed by atoms with Crippen LogP contribution in [0.25, 0.3) is 0 Å². The number of hydrogen-bond donors (Lipinski definition) is 1. The predicted molar refractivity (Wildman–Crippen MR) is 68.7 cm³/mol. The fraction of sp³-hybridized carbons (Fsp3) is 0.385. The summed E-state index contributed by atoms with van der Waals surface area (Å²) in [5.41, 5.74) is 0.559. The predicted octanol–water partition coefficient (Wildman–Crippen LogP) is 2.93. The Morgan fingerprint density at radius 3 is 2.72 bits per heavy atom. The van der Waals surface area contributed by atoms with Gasteiger partial charge in [-0.05, 0) is 33.8 Å². The third kappa shape index (κ3) is 2.30. The molecule has 0 aliphatic carbocycles. The Morgan fingerprint density at radius 2 is 2.17 bits per heavy atom. The third-order valence-corrected chi connectivity index (χ3v) is 2.69. The molecule has 0 spiro atoms. The minimum atomic E-state index is -0.174. The first-order valence-electron chi connectivity index (χ1n) is 5.91. The molecule has 0 aliphatic heterocycles. The lowest BCUT2D eigenvalue weighted by atomic mass is 10.2. The highest BCUT2D eigenvalue weighted by atomic mass is 16.3. The van der Waals surface area contributed by atoms with Gasteiger partial charge in [-0.25, -0.2) is 4.68 Å². The van der Waals surface area contributed by atoms with Gasteiger partial charge in [0.05, 0.1) is 11.8 Å². The number of nitrogens with one attached hydrogen (secondary N) is 1. The van der Waals surface area contributed by atoms with E-state index in [1.54, 1.807) is 29.9 Å². The molecule has 2 aromatic heterocycles. The monoisotopic (exact) mass is 247 g/mol. The largest absolute Gasteiger partial charge is 0.466 e. The molecule has 1 N–H and O–H groups in total. The molecule has 96 valence electrons. The second kappa shape index (κ2) is 4.68. The van der Waals surface area contributed by atoms with Crippen molar-refractivity contribution in [2.45, 2.75) is 33.7 Å². The molecular weight excluding hydrogens is 230 g/mol. The number of hydrogen-bond acceptors (Lipinski definition) is 3. The number of nitrogens with zero attached hydrogens (tertiary/aromatic N) is 2. The number of carbonyl (C=O) groups excluding carboxylic acids is 1. The van der Waals surface area contributed by atoms with Crippen LogP contribution in [0.3, 0.4) is 0 Å². The first-order valence-corrected chi connectivity index (χ1v) is 5.91. The number of amides is 1. The van der Waals surface area contributed by atoms with Crippen molar-refractivity contribution in [3.63, 3.8) is 0 Å². The van der Waals surface area contributed by atoms with Gasteiger partial charge in [-0.1, -0.05) is 0 Å². The Morgan fingerprint density at radius 1 is 1.44 bits per heavy atom. The van der Waals surface area contributed by atoms with Gasteiger partial charge in [0.25, 0.3) is 5.91 Å². The second-order valence-corrected chi connectivity index (χ2v) is 4.54. The van der Waals surface area contributed by atoms with Crippen LogP contribution in [-0.4, -0.2) is 15.7 Å². The molecule has 1 amide bonds. The van der Waals surface area contributed by atoms with E-state index >= 15 is 0 Å². The Bertz CT molecular complexity index is 567. The summed E-state index contributed by atoms with van der Waals surface area (Å²) in [4.78, 5) is 12.1. The third-order valence-electron chi connectivity index (χ3n) is 2.69. The van der Waals surface area contributed by atoms with Crippen molar-refractivity contribution < 1.29 is 9.21 Å². The average Bonchev–Trinajstić information content (AvgIpc) is 2.85. The summed E-state index contributed by atoms with van der Waals surface area (Å²) in [6, 6.07) is 3.71. The van der Waals surface area contributed by atoms with E-state index in [1.165, 1.54) is 0 Å². The molecule has 2 rings (SSSR count). The Hall–Kier alpha value is -2.04. The van der Waals surface area contributed by atoms with E-state index < -0.39 is 0 Å². The van der Waals surface area contributed by atoms with E-state index in [4.69, 9.17) is 4.42 Å². The van der Waals surface area contributed by atoms with Gasteiger partial charge in [0.15, 0.2) is 0 Å². The molecule has 5 nitrogen and oxygen atoms in total. The molecule has 0 aliphatic rings.